The summed E-state index contributed by atoms with van der Waals surface area (Å²) in [5, 5.41) is 2.96. The lowest BCUT2D eigenvalue weighted by molar-refractivity contribution is -0.137. The molecule has 0 bridgehead atoms. The maximum atomic E-state index is 12.4. The first-order valence-electron chi connectivity index (χ1n) is 5.25. The second kappa shape index (κ2) is 4.60. The number of benzene rings is 2. The predicted octanol–water partition coefficient (Wildman–Crippen LogP) is 4.03. The molecule has 2 nitrogen and oxygen atoms in total. The van der Waals surface area contributed by atoms with Crippen molar-refractivity contribution in [3.63, 3.8) is 0 Å². The van der Waals surface area contributed by atoms with E-state index in [0.717, 1.165) is 12.1 Å². The Morgan fingerprint density at radius 3 is 2.06 bits per heavy atom. The van der Waals surface area contributed by atoms with Gasteiger partial charge >= 0.3 is 6.18 Å². The fraction of sp³-hybridized carbons (Fsp3) is 0.0769. The van der Waals surface area contributed by atoms with Crippen LogP contribution in [-0.2, 0) is 6.18 Å². The molecule has 18 heavy (non-hydrogen) atoms. The third-order valence-electron chi connectivity index (χ3n) is 2.45. The summed E-state index contributed by atoms with van der Waals surface area (Å²) in [7, 11) is 0. The summed E-state index contributed by atoms with van der Waals surface area (Å²) in [6, 6.07) is 11.9. The van der Waals surface area contributed by atoms with Crippen molar-refractivity contribution in [3.05, 3.63) is 54.1 Å². The van der Waals surface area contributed by atoms with E-state index in [1.54, 1.807) is 24.3 Å². The molecular formula is C13H11F3N2. The molecule has 0 saturated heterocycles. The largest absolute Gasteiger partial charge is 0.416 e. The lowest BCUT2D eigenvalue weighted by Crippen LogP contribution is -2.04. The van der Waals surface area contributed by atoms with Gasteiger partial charge in [-0.05, 0) is 36.4 Å². The molecule has 3 N–H and O–H groups in total. The van der Waals surface area contributed by atoms with Crippen LogP contribution in [0.1, 0.15) is 5.56 Å². The monoisotopic (exact) mass is 252 g/mol. The van der Waals surface area contributed by atoms with Crippen LogP contribution in [-0.4, -0.2) is 0 Å². The molecular weight excluding hydrogens is 241 g/mol. The number of halogens is 3. The van der Waals surface area contributed by atoms with Gasteiger partial charge in [-0.2, -0.15) is 13.2 Å². The van der Waals surface area contributed by atoms with Gasteiger partial charge in [-0.1, -0.05) is 12.1 Å². The van der Waals surface area contributed by atoms with Crippen molar-refractivity contribution in [1.82, 2.24) is 0 Å². The summed E-state index contributed by atoms with van der Waals surface area (Å²) < 4.78 is 37.1. The van der Waals surface area contributed by atoms with E-state index in [4.69, 9.17) is 5.73 Å². The van der Waals surface area contributed by atoms with Gasteiger partial charge in [0.25, 0.3) is 0 Å². The molecule has 0 aromatic heterocycles. The van der Waals surface area contributed by atoms with Crippen molar-refractivity contribution < 1.29 is 13.2 Å². The van der Waals surface area contributed by atoms with Crippen molar-refractivity contribution in [2.45, 2.75) is 6.18 Å². The Morgan fingerprint density at radius 2 is 1.50 bits per heavy atom. The van der Waals surface area contributed by atoms with Crippen molar-refractivity contribution in [2.75, 3.05) is 11.1 Å². The number of alkyl halides is 3. The molecule has 0 aliphatic heterocycles. The van der Waals surface area contributed by atoms with Gasteiger partial charge in [0.15, 0.2) is 0 Å². The molecule has 2 aromatic carbocycles. The Bertz CT molecular complexity index is 533. The van der Waals surface area contributed by atoms with Gasteiger partial charge in [0.05, 0.1) is 16.9 Å². The molecule has 0 heterocycles. The maximum Gasteiger partial charge on any atom is 0.416 e. The molecule has 2 rings (SSSR count). The normalized spacial score (nSPS) is 11.3. The maximum absolute atomic E-state index is 12.4. The van der Waals surface area contributed by atoms with Crippen molar-refractivity contribution >= 4 is 17.1 Å². The Hall–Kier alpha value is -2.17. The van der Waals surface area contributed by atoms with E-state index in [2.05, 4.69) is 5.32 Å². The minimum atomic E-state index is -4.32. The lowest BCUT2D eigenvalue weighted by Gasteiger charge is -2.11. The fourth-order valence-electron chi connectivity index (χ4n) is 1.51. The van der Waals surface area contributed by atoms with Crippen LogP contribution in [0.4, 0.5) is 30.2 Å². The number of para-hydroxylation sites is 2. The van der Waals surface area contributed by atoms with Gasteiger partial charge in [0.2, 0.25) is 0 Å². The molecule has 0 aliphatic rings. The first-order chi connectivity index (χ1) is 8.47. The molecule has 94 valence electrons. The van der Waals surface area contributed by atoms with E-state index >= 15 is 0 Å². The first-order valence-corrected chi connectivity index (χ1v) is 5.25. The third-order valence-corrected chi connectivity index (χ3v) is 2.45. The number of nitrogens with two attached hydrogens (primary N) is 1. The van der Waals surface area contributed by atoms with Gasteiger partial charge in [-0.15, -0.1) is 0 Å². The molecule has 0 saturated carbocycles. The second-order valence-corrected chi connectivity index (χ2v) is 3.79. The van der Waals surface area contributed by atoms with Crippen LogP contribution in [0.2, 0.25) is 0 Å². The summed E-state index contributed by atoms with van der Waals surface area (Å²) in [5.74, 6) is 0. The second-order valence-electron chi connectivity index (χ2n) is 3.79. The van der Waals surface area contributed by atoms with Crippen LogP contribution in [0, 0.1) is 0 Å². The molecule has 5 heteroatoms. The van der Waals surface area contributed by atoms with Crippen LogP contribution in [0.5, 0.6) is 0 Å². The zero-order valence-corrected chi connectivity index (χ0v) is 9.33. The Labute approximate surface area is 102 Å². The number of anilines is 3. The van der Waals surface area contributed by atoms with Crippen LogP contribution in [0.3, 0.4) is 0 Å². The number of hydrogen-bond donors (Lipinski definition) is 2. The Kier molecular flexibility index (Phi) is 3.14. The molecule has 0 unspecified atom stereocenters. The quantitative estimate of drug-likeness (QED) is 0.792. The van der Waals surface area contributed by atoms with Crippen molar-refractivity contribution in [1.29, 1.82) is 0 Å². The third kappa shape index (κ3) is 2.74. The van der Waals surface area contributed by atoms with Gasteiger partial charge in [0.1, 0.15) is 0 Å². The standard InChI is InChI=1S/C13H11F3N2/c14-13(15,16)9-5-7-10(8-6-9)18-12-4-2-1-3-11(12)17/h1-8,18H,17H2. The molecule has 0 aliphatic carbocycles. The molecule has 0 fully saturated rings. The van der Waals surface area contributed by atoms with Gasteiger partial charge in [0, 0.05) is 5.69 Å². The number of rotatable bonds is 2. The highest BCUT2D eigenvalue weighted by molar-refractivity contribution is 5.72. The fourth-order valence-corrected chi connectivity index (χ4v) is 1.51. The number of hydrogen-bond acceptors (Lipinski definition) is 2. The minimum Gasteiger partial charge on any atom is -0.397 e. The molecule has 0 spiro atoms. The van der Waals surface area contributed by atoms with Gasteiger partial charge < -0.3 is 11.1 Å². The smallest absolute Gasteiger partial charge is 0.397 e. The Morgan fingerprint density at radius 1 is 0.889 bits per heavy atom. The number of nitrogen functional groups attached to an aromatic ring is 1. The SMILES string of the molecule is Nc1ccccc1Nc1ccc(C(F)(F)F)cc1. The van der Waals surface area contributed by atoms with Crippen LogP contribution >= 0.6 is 0 Å². The van der Waals surface area contributed by atoms with E-state index in [1.807, 2.05) is 0 Å². The van der Waals surface area contributed by atoms with Gasteiger partial charge in [-0.3, -0.25) is 0 Å². The van der Waals surface area contributed by atoms with Gasteiger partial charge in [-0.25, -0.2) is 0 Å². The first kappa shape index (κ1) is 12.3. The average Bonchev–Trinajstić information content (AvgIpc) is 2.32. The highest BCUT2D eigenvalue weighted by Gasteiger charge is 2.29. The highest BCUT2D eigenvalue weighted by atomic mass is 19.4. The molecule has 0 radical (unpaired) electrons. The van der Waals surface area contributed by atoms with Crippen LogP contribution in [0.15, 0.2) is 48.5 Å². The summed E-state index contributed by atoms with van der Waals surface area (Å²) in [4.78, 5) is 0. The predicted molar refractivity (Wildman–Crippen MR) is 65.6 cm³/mol. The summed E-state index contributed by atoms with van der Waals surface area (Å²) in [6.07, 6.45) is -4.32. The highest BCUT2D eigenvalue weighted by Crippen LogP contribution is 2.30. The Balaban J connectivity index is 2.19. The summed E-state index contributed by atoms with van der Waals surface area (Å²) in [5.41, 5.74) is 6.81. The summed E-state index contributed by atoms with van der Waals surface area (Å²) in [6.45, 7) is 0. The molecule has 0 atom stereocenters. The van der Waals surface area contributed by atoms with Crippen molar-refractivity contribution in [3.8, 4) is 0 Å². The minimum absolute atomic E-state index is 0.539. The molecule has 2 aromatic rings. The number of nitrogens with one attached hydrogen (secondary N) is 1. The van der Waals surface area contributed by atoms with E-state index in [-0.39, 0.29) is 0 Å². The summed E-state index contributed by atoms with van der Waals surface area (Å²) >= 11 is 0. The molecule has 0 amide bonds. The average molecular weight is 252 g/mol. The zero-order chi connectivity index (χ0) is 13.2. The van der Waals surface area contributed by atoms with E-state index in [9.17, 15) is 13.2 Å². The van der Waals surface area contributed by atoms with E-state index in [1.165, 1.54) is 12.1 Å². The van der Waals surface area contributed by atoms with Crippen LogP contribution < -0.4 is 11.1 Å². The van der Waals surface area contributed by atoms with Crippen LogP contribution in [0.25, 0.3) is 0 Å². The van der Waals surface area contributed by atoms with E-state index in [0.29, 0.717) is 17.1 Å². The topological polar surface area (TPSA) is 38.0 Å². The zero-order valence-electron chi connectivity index (χ0n) is 9.33. The van der Waals surface area contributed by atoms with Crippen molar-refractivity contribution in [2.24, 2.45) is 0 Å². The van der Waals surface area contributed by atoms with E-state index < -0.39 is 11.7 Å². The lowest BCUT2D eigenvalue weighted by atomic mass is 10.2.